The van der Waals surface area contributed by atoms with Crippen molar-refractivity contribution in [1.82, 2.24) is 14.6 Å². The van der Waals surface area contributed by atoms with Crippen LogP contribution in [0.3, 0.4) is 0 Å². The molecule has 1 aromatic heterocycles. The number of esters is 1. The summed E-state index contributed by atoms with van der Waals surface area (Å²) < 4.78 is 51.4. The van der Waals surface area contributed by atoms with Crippen LogP contribution in [-0.4, -0.2) is 57.3 Å². The minimum atomic E-state index is -4.36. The van der Waals surface area contributed by atoms with Crippen molar-refractivity contribution in [3.05, 3.63) is 62.4 Å². The Morgan fingerprint density at radius 2 is 1.95 bits per heavy atom. The van der Waals surface area contributed by atoms with Crippen molar-refractivity contribution in [2.75, 3.05) is 6.61 Å². The molecule has 37 heavy (non-hydrogen) atoms. The van der Waals surface area contributed by atoms with E-state index in [9.17, 15) is 24.1 Å². The monoisotopic (exact) mass is 563 g/mol. The largest absolute Gasteiger partial charge is 0.462 e. The highest BCUT2D eigenvalue weighted by molar-refractivity contribution is 7.52. The molecule has 0 bridgehead atoms. The van der Waals surface area contributed by atoms with Gasteiger partial charge in [-0.25, -0.2) is 13.8 Å². The summed E-state index contributed by atoms with van der Waals surface area (Å²) in [5, 5.41) is 13.4. The van der Waals surface area contributed by atoms with E-state index in [4.69, 9.17) is 30.1 Å². The lowest BCUT2D eigenvalue weighted by molar-refractivity contribution is -0.149. The summed E-state index contributed by atoms with van der Waals surface area (Å²) in [5.74, 6) is -0.657. The Morgan fingerprint density at radius 3 is 2.54 bits per heavy atom. The van der Waals surface area contributed by atoms with Crippen LogP contribution in [0.4, 0.5) is 4.39 Å². The van der Waals surface area contributed by atoms with Crippen LogP contribution in [0.15, 0.2) is 46.1 Å². The molecule has 3 rings (SSSR count). The second-order valence-electron chi connectivity index (χ2n) is 8.82. The fraction of sp³-hybridized carbons (Fsp3) is 0.500. The molecule has 1 unspecified atom stereocenters. The summed E-state index contributed by atoms with van der Waals surface area (Å²) in [4.78, 5) is 37.8. The van der Waals surface area contributed by atoms with Gasteiger partial charge in [0.15, 0.2) is 11.9 Å². The molecule has 2 heterocycles. The third kappa shape index (κ3) is 7.07. The summed E-state index contributed by atoms with van der Waals surface area (Å²) in [6, 6.07) is 5.62. The molecule has 3 N–H and O–H groups in total. The predicted octanol–water partition coefficient (Wildman–Crippen LogP) is 2.31. The van der Waals surface area contributed by atoms with Crippen molar-refractivity contribution >= 4 is 25.3 Å². The number of H-pyrrole nitrogens is 1. The van der Waals surface area contributed by atoms with Gasteiger partial charge in [-0.2, -0.15) is 5.09 Å². The molecular weight excluding hydrogens is 536 g/mol. The number of carbonyl (C=O) groups is 1. The van der Waals surface area contributed by atoms with Crippen molar-refractivity contribution in [3.63, 3.8) is 0 Å². The van der Waals surface area contributed by atoms with Crippen molar-refractivity contribution in [1.29, 1.82) is 0 Å². The highest BCUT2D eigenvalue weighted by atomic mass is 35.5. The van der Waals surface area contributed by atoms with Gasteiger partial charge in [0.2, 0.25) is 0 Å². The van der Waals surface area contributed by atoms with E-state index in [1.165, 1.54) is 31.2 Å². The van der Waals surface area contributed by atoms with Gasteiger partial charge in [0.05, 0.1) is 12.7 Å². The maximum atomic E-state index is 15.5. The number of halogens is 2. The quantitative estimate of drug-likeness (QED) is 0.289. The maximum Gasteiger partial charge on any atom is 0.459 e. The molecule has 204 valence electrons. The van der Waals surface area contributed by atoms with E-state index in [1.807, 2.05) is 4.98 Å². The maximum absolute atomic E-state index is 15.5. The lowest BCUT2D eigenvalue weighted by Crippen LogP contribution is -2.43. The molecule has 0 amide bonds. The van der Waals surface area contributed by atoms with Gasteiger partial charge < -0.3 is 19.1 Å². The third-order valence-electron chi connectivity index (χ3n) is 5.33. The molecule has 0 saturated carbocycles. The Balaban J connectivity index is 1.81. The number of aliphatic hydroxyl groups excluding tert-OH is 1. The van der Waals surface area contributed by atoms with Crippen LogP contribution in [0.5, 0.6) is 5.75 Å². The Bertz CT molecular complexity index is 1270. The van der Waals surface area contributed by atoms with Crippen LogP contribution in [-0.2, 0) is 23.4 Å². The molecule has 2 aromatic rings. The first-order valence-electron chi connectivity index (χ1n) is 11.2. The fourth-order valence-electron chi connectivity index (χ4n) is 3.48. The fourth-order valence-corrected chi connectivity index (χ4v) is 5.11. The van der Waals surface area contributed by atoms with E-state index < -0.39 is 67.8 Å². The SMILES string of the molecule is CC(C)OC(=O)[C@H](C)NP(=O)(OC[C@H]1O[C@@H](n2ccc(=O)[nH]c2=O)[C@](C)(F)[C@@H]1O)Oc1ccc(Cl)cc1. The summed E-state index contributed by atoms with van der Waals surface area (Å²) in [6.07, 6.45) is -4.29. The van der Waals surface area contributed by atoms with Crippen molar-refractivity contribution in [2.24, 2.45) is 0 Å². The number of aliphatic hydroxyl groups is 1. The molecule has 15 heteroatoms. The summed E-state index contributed by atoms with van der Waals surface area (Å²) in [5.41, 5.74) is -4.15. The Kier molecular flexibility index (Phi) is 8.99. The molecule has 1 fully saturated rings. The zero-order valence-electron chi connectivity index (χ0n) is 20.4. The number of aromatic nitrogens is 2. The molecule has 0 aliphatic carbocycles. The van der Waals surface area contributed by atoms with Crippen LogP contribution < -0.4 is 20.9 Å². The van der Waals surface area contributed by atoms with Crippen LogP contribution in [0.1, 0.15) is 33.9 Å². The number of alkyl halides is 1. The number of hydrogen-bond donors (Lipinski definition) is 3. The Morgan fingerprint density at radius 1 is 1.30 bits per heavy atom. The smallest absolute Gasteiger partial charge is 0.459 e. The van der Waals surface area contributed by atoms with Crippen LogP contribution in [0.25, 0.3) is 0 Å². The molecular formula is C22H28ClFN3O9P. The second kappa shape index (κ2) is 11.5. The number of rotatable bonds is 10. The standard InChI is InChI=1S/C22H28ClFN3O9P/c1-12(2)34-19(30)13(3)26-37(32,36-15-7-5-14(23)6-8-15)33-11-16-18(29)22(4,24)20(35-16)27-10-9-17(28)25-21(27)31/h5-10,12-13,16,18,20,29H,11H2,1-4H3,(H,26,32)(H,25,28,31)/t13-,16+,18+,20+,22+,37?/m0/s1. The lowest BCUT2D eigenvalue weighted by Gasteiger charge is -2.25. The molecule has 0 spiro atoms. The zero-order chi connectivity index (χ0) is 27.5. The third-order valence-corrected chi connectivity index (χ3v) is 7.22. The number of ether oxygens (including phenoxy) is 2. The number of aromatic amines is 1. The summed E-state index contributed by atoms with van der Waals surface area (Å²) in [7, 11) is -4.36. The minimum Gasteiger partial charge on any atom is -0.462 e. The average Bonchev–Trinajstić information content (AvgIpc) is 3.02. The second-order valence-corrected chi connectivity index (χ2v) is 10.9. The van der Waals surface area contributed by atoms with E-state index in [2.05, 4.69) is 5.09 Å². The van der Waals surface area contributed by atoms with E-state index in [0.29, 0.717) is 5.02 Å². The van der Waals surface area contributed by atoms with E-state index >= 15 is 4.39 Å². The van der Waals surface area contributed by atoms with Crippen molar-refractivity contribution in [2.45, 2.75) is 63.9 Å². The van der Waals surface area contributed by atoms with Crippen LogP contribution >= 0.6 is 19.3 Å². The molecule has 0 radical (unpaired) electrons. The molecule has 1 aliphatic heterocycles. The van der Waals surface area contributed by atoms with Gasteiger partial charge in [0, 0.05) is 17.3 Å². The zero-order valence-corrected chi connectivity index (χ0v) is 22.1. The highest BCUT2D eigenvalue weighted by Gasteiger charge is 2.55. The predicted molar refractivity (Wildman–Crippen MR) is 130 cm³/mol. The highest BCUT2D eigenvalue weighted by Crippen LogP contribution is 2.47. The van der Waals surface area contributed by atoms with Gasteiger partial charge in [-0.15, -0.1) is 0 Å². The molecule has 1 aliphatic rings. The topological polar surface area (TPSA) is 158 Å². The Hall–Kier alpha value is -2.54. The van der Waals surface area contributed by atoms with Gasteiger partial charge in [-0.3, -0.25) is 23.7 Å². The van der Waals surface area contributed by atoms with Crippen molar-refractivity contribution < 1.29 is 37.4 Å². The first-order chi connectivity index (χ1) is 17.2. The van der Waals surface area contributed by atoms with Gasteiger partial charge in [-0.05, 0) is 52.0 Å². The first kappa shape index (κ1) is 29.0. The van der Waals surface area contributed by atoms with E-state index in [1.54, 1.807) is 13.8 Å². The number of hydrogen-bond acceptors (Lipinski definition) is 9. The molecule has 12 nitrogen and oxygen atoms in total. The van der Waals surface area contributed by atoms with Crippen LogP contribution in [0, 0.1) is 0 Å². The van der Waals surface area contributed by atoms with Gasteiger partial charge in [0.25, 0.3) is 5.56 Å². The molecule has 6 atom stereocenters. The number of nitrogens with one attached hydrogen (secondary N) is 2. The molecule has 1 aromatic carbocycles. The number of benzene rings is 1. The lowest BCUT2D eigenvalue weighted by atomic mass is 9.98. The minimum absolute atomic E-state index is 0.0746. The average molecular weight is 564 g/mol. The van der Waals surface area contributed by atoms with Gasteiger partial charge >= 0.3 is 19.4 Å². The van der Waals surface area contributed by atoms with Gasteiger partial charge in [-0.1, -0.05) is 11.6 Å². The van der Waals surface area contributed by atoms with Crippen molar-refractivity contribution in [3.8, 4) is 5.75 Å². The van der Waals surface area contributed by atoms with E-state index in [0.717, 1.165) is 23.8 Å². The normalized spacial score (nSPS) is 26.0. The number of nitrogens with zero attached hydrogens (tertiary/aromatic N) is 1. The molecule has 1 saturated heterocycles. The van der Waals surface area contributed by atoms with E-state index in [-0.39, 0.29) is 5.75 Å². The summed E-state index contributed by atoms with van der Waals surface area (Å²) in [6.45, 7) is 5.00. The van der Waals surface area contributed by atoms with Crippen LogP contribution in [0.2, 0.25) is 5.02 Å². The van der Waals surface area contributed by atoms with Gasteiger partial charge in [0.1, 0.15) is 24.0 Å². The first-order valence-corrected chi connectivity index (χ1v) is 13.2. The number of carbonyl (C=O) groups excluding carboxylic acids is 1. The summed E-state index contributed by atoms with van der Waals surface area (Å²) >= 11 is 5.87. The Labute approximate surface area is 216 Å².